The van der Waals surface area contributed by atoms with E-state index in [0.717, 1.165) is 0 Å². The van der Waals surface area contributed by atoms with E-state index in [1.807, 2.05) is 0 Å². The number of nitrogens with zero attached hydrogens (tertiary/aromatic N) is 1. The quantitative estimate of drug-likeness (QED) is 0.703. The zero-order chi connectivity index (χ0) is 10.7. The summed E-state index contributed by atoms with van der Waals surface area (Å²) in [5.74, 6) is -0.225. The van der Waals surface area contributed by atoms with Crippen LogP contribution in [-0.4, -0.2) is 6.61 Å². The first-order valence-electron chi connectivity index (χ1n) is 3.59. The number of benzene rings is 1. The maximum Gasteiger partial charge on any atom is 0.387 e. The molecule has 1 rings (SSSR count). The topological polar surface area (TPSA) is 85.1 Å². The van der Waals surface area contributed by atoms with Gasteiger partial charge in [-0.05, 0) is 12.1 Å². The van der Waals surface area contributed by atoms with Crippen LogP contribution in [0.2, 0.25) is 0 Å². The second kappa shape index (κ2) is 3.79. The number of hydrogen-bond donors (Lipinski definition) is 2. The van der Waals surface area contributed by atoms with Crippen molar-refractivity contribution in [1.82, 2.24) is 0 Å². The molecule has 0 aliphatic carbocycles. The van der Waals surface area contributed by atoms with E-state index < -0.39 is 6.61 Å². The standard InChI is InChI=1S/C8H7F2N3O/c9-8(10)14-5-2-1-4(3-11)6(12)7(5)13/h1-2,8H,12-13H2. The molecule has 0 spiro atoms. The van der Waals surface area contributed by atoms with Crippen molar-refractivity contribution in [3.63, 3.8) is 0 Å². The SMILES string of the molecule is N#Cc1ccc(OC(F)F)c(N)c1N. The van der Waals surface area contributed by atoms with Crippen molar-refractivity contribution in [2.45, 2.75) is 6.61 Å². The molecule has 1 aromatic carbocycles. The molecule has 0 aliphatic heterocycles. The molecule has 4 N–H and O–H groups in total. The van der Waals surface area contributed by atoms with Crippen LogP contribution in [0.5, 0.6) is 5.75 Å². The van der Waals surface area contributed by atoms with Crippen molar-refractivity contribution in [3.8, 4) is 11.8 Å². The van der Waals surface area contributed by atoms with E-state index in [1.54, 1.807) is 6.07 Å². The van der Waals surface area contributed by atoms with Crippen molar-refractivity contribution < 1.29 is 13.5 Å². The third kappa shape index (κ3) is 1.82. The second-order valence-corrected chi connectivity index (χ2v) is 2.43. The van der Waals surface area contributed by atoms with Crippen LogP contribution >= 0.6 is 0 Å². The lowest BCUT2D eigenvalue weighted by Gasteiger charge is -2.09. The third-order valence-electron chi connectivity index (χ3n) is 1.58. The predicted molar refractivity (Wildman–Crippen MR) is 46.6 cm³/mol. The molecule has 0 fully saturated rings. The van der Waals surface area contributed by atoms with E-state index in [1.165, 1.54) is 12.1 Å². The molecule has 0 atom stereocenters. The van der Waals surface area contributed by atoms with Crippen LogP contribution in [0.3, 0.4) is 0 Å². The Bertz CT molecular complexity index is 387. The van der Waals surface area contributed by atoms with Gasteiger partial charge in [0.2, 0.25) is 0 Å². The molecule has 0 radical (unpaired) electrons. The highest BCUT2D eigenvalue weighted by atomic mass is 19.3. The van der Waals surface area contributed by atoms with Gasteiger partial charge in [-0.2, -0.15) is 14.0 Å². The Labute approximate surface area is 78.7 Å². The normalized spacial score (nSPS) is 9.86. The summed E-state index contributed by atoms with van der Waals surface area (Å²) in [6, 6.07) is 4.21. The first-order chi connectivity index (χ1) is 6.56. The van der Waals surface area contributed by atoms with Crippen molar-refractivity contribution in [1.29, 1.82) is 5.26 Å². The fraction of sp³-hybridized carbons (Fsp3) is 0.125. The molecule has 0 bridgehead atoms. The summed E-state index contributed by atoms with van der Waals surface area (Å²) in [5, 5.41) is 8.54. The van der Waals surface area contributed by atoms with Crippen LogP contribution in [0.4, 0.5) is 20.2 Å². The Balaban J connectivity index is 3.12. The lowest BCUT2D eigenvalue weighted by Crippen LogP contribution is -2.06. The van der Waals surface area contributed by atoms with E-state index in [2.05, 4.69) is 4.74 Å². The van der Waals surface area contributed by atoms with Gasteiger partial charge >= 0.3 is 6.61 Å². The van der Waals surface area contributed by atoms with E-state index in [0.29, 0.717) is 0 Å². The van der Waals surface area contributed by atoms with Crippen molar-refractivity contribution in [3.05, 3.63) is 17.7 Å². The number of nitrogen functional groups attached to an aromatic ring is 2. The monoisotopic (exact) mass is 199 g/mol. The molecular formula is C8H7F2N3O. The van der Waals surface area contributed by atoms with Gasteiger partial charge in [0, 0.05) is 0 Å². The average molecular weight is 199 g/mol. The van der Waals surface area contributed by atoms with E-state index in [4.69, 9.17) is 16.7 Å². The molecule has 0 heterocycles. The molecule has 4 nitrogen and oxygen atoms in total. The van der Waals surface area contributed by atoms with Gasteiger partial charge in [0.15, 0.2) is 5.75 Å². The van der Waals surface area contributed by atoms with Gasteiger partial charge in [0.1, 0.15) is 6.07 Å². The third-order valence-corrected chi connectivity index (χ3v) is 1.58. The minimum Gasteiger partial charge on any atom is -0.433 e. The van der Waals surface area contributed by atoms with Gasteiger partial charge in [-0.15, -0.1) is 0 Å². The Kier molecular flexibility index (Phi) is 2.72. The Hall–Kier alpha value is -2.03. The van der Waals surface area contributed by atoms with Crippen LogP contribution in [0, 0.1) is 11.3 Å². The van der Waals surface area contributed by atoms with Gasteiger partial charge in [0.25, 0.3) is 0 Å². The summed E-state index contributed by atoms with van der Waals surface area (Å²) in [7, 11) is 0. The highest BCUT2D eigenvalue weighted by molar-refractivity contribution is 5.76. The Morgan fingerprint density at radius 2 is 1.93 bits per heavy atom. The molecule has 6 heteroatoms. The van der Waals surface area contributed by atoms with Gasteiger partial charge in [-0.3, -0.25) is 0 Å². The van der Waals surface area contributed by atoms with Crippen molar-refractivity contribution in [2.75, 3.05) is 11.5 Å². The fourth-order valence-electron chi connectivity index (χ4n) is 0.913. The number of rotatable bonds is 2. The number of anilines is 2. The van der Waals surface area contributed by atoms with E-state index in [-0.39, 0.29) is 22.7 Å². The summed E-state index contributed by atoms with van der Waals surface area (Å²) in [5.41, 5.74) is 10.7. The maximum atomic E-state index is 11.8. The minimum absolute atomic E-state index is 0.0503. The molecule has 14 heavy (non-hydrogen) atoms. The highest BCUT2D eigenvalue weighted by Crippen LogP contribution is 2.31. The first kappa shape index (κ1) is 10.1. The zero-order valence-electron chi connectivity index (χ0n) is 7.00. The number of nitriles is 1. The molecule has 0 unspecified atom stereocenters. The van der Waals surface area contributed by atoms with Gasteiger partial charge < -0.3 is 16.2 Å². The molecule has 0 saturated heterocycles. The molecule has 0 saturated carbocycles. The lowest BCUT2D eigenvalue weighted by molar-refractivity contribution is -0.0492. The van der Waals surface area contributed by atoms with E-state index >= 15 is 0 Å². The maximum absolute atomic E-state index is 11.8. The fourth-order valence-corrected chi connectivity index (χ4v) is 0.913. The summed E-state index contributed by atoms with van der Waals surface area (Å²) in [4.78, 5) is 0. The number of nitrogens with two attached hydrogens (primary N) is 2. The largest absolute Gasteiger partial charge is 0.433 e. The summed E-state index contributed by atoms with van der Waals surface area (Å²) >= 11 is 0. The van der Waals surface area contributed by atoms with Crippen LogP contribution in [-0.2, 0) is 0 Å². The summed E-state index contributed by atoms with van der Waals surface area (Å²) < 4.78 is 27.7. The molecule has 0 aliphatic rings. The van der Waals surface area contributed by atoms with Gasteiger partial charge in [0.05, 0.1) is 16.9 Å². The lowest BCUT2D eigenvalue weighted by atomic mass is 10.1. The highest BCUT2D eigenvalue weighted by Gasteiger charge is 2.12. The van der Waals surface area contributed by atoms with E-state index in [9.17, 15) is 8.78 Å². The number of alkyl halides is 2. The number of halogens is 2. The smallest absolute Gasteiger partial charge is 0.387 e. The van der Waals surface area contributed by atoms with Crippen LogP contribution in [0.25, 0.3) is 0 Å². The van der Waals surface area contributed by atoms with Crippen molar-refractivity contribution >= 4 is 11.4 Å². The van der Waals surface area contributed by atoms with Gasteiger partial charge in [-0.25, -0.2) is 0 Å². The minimum atomic E-state index is -2.97. The molecule has 1 aromatic rings. The number of ether oxygens (including phenoxy) is 1. The van der Waals surface area contributed by atoms with Gasteiger partial charge in [-0.1, -0.05) is 0 Å². The molecule has 0 amide bonds. The summed E-state index contributed by atoms with van der Waals surface area (Å²) in [6.07, 6.45) is 0. The first-order valence-corrected chi connectivity index (χ1v) is 3.59. The van der Waals surface area contributed by atoms with Crippen LogP contribution < -0.4 is 16.2 Å². The molecular weight excluding hydrogens is 192 g/mol. The number of hydrogen-bond acceptors (Lipinski definition) is 4. The average Bonchev–Trinajstić information content (AvgIpc) is 2.13. The zero-order valence-corrected chi connectivity index (χ0v) is 7.00. The molecule has 74 valence electrons. The van der Waals surface area contributed by atoms with Crippen LogP contribution in [0.15, 0.2) is 12.1 Å². The predicted octanol–water partition coefficient (Wildman–Crippen LogP) is 1.32. The molecule has 0 aromatic heterocycles. The Morgan fingerprint density at radius 1 is 1.29 bits per heavy atom. The van der Waals surface area contributed by atoms with Crippen LogP contribution in [0.1, 0.15) is 5.56 Å². The Morgan fingerprint density at radius 3 is 2.43 bits per heavy atom. The van der Waals surface area contributed by atoms with Crippen molar-refractivity contribution in [2.24, 2.45) is 0 Å². The summed E-state index contributed by atoms with van der Waals surface area (Å²) in [6.45, 7) is -2.97. The second-order valence-electron chi connectivity index (χ2n) is 2.43.